The lowest BCUT2D eigenvalue weighted by Gasteiger charge is -2.24. The topological polar surface area (TPSA) is 0 Å². The molecule has 2 rings (SSSR count). The molecule has 0 fully saturated rings. The van der Waals surface area contributed by atoms with E-state index in [1.807, 2.05) is 11.1 Å². The Kier molecular flexibility index (Phi) is 6.54. The van der Waals surface area contributed by atoms with Gasteiger partial charge in [-0.05, 0) is 71.2 Å². The molecule has 1 aliphatic rings. The molecule has 0 atom stereocenters. The lowest BCUT2D eigenvalue weighted by atomic mass is 9.81. The molecule has 0 radical (unpaired) electrons. The molecule has 1 aromatic carbocycles. The maximum Gasteiger partial charge on any atom is 0.0561 e. The zero-order valence-electron chi connectivity index (χ0n) is 16.6. The van der Waals surface area contributed by atoms with E-state index in [9.17, 15) is 0 Å². The summed E-state index contributed by atoms with van der Waals surface area (Å²) in [6.45, 7) is 14.7. The molecule has 0 aromatic heterocycles. The second kappa shape index (κ2) is 8.01. The van der Waals surface area contributed by atoms with E-state index in [-0.39, 0.29) is 0 Å². The fraction of sp³-hybridized carbons (Fsp3) is 0.727. The Morgan fingerprint density at radius 3 is 1.17 bits per heavy atom. The first-order chi connectivity index (χ1) is 11.0. The number of fused-ring (bicyclic) bond motifs is 1. The van der Waals surface area contributed by atoms with Gasteiger partial charge in [0.25, 0.3) is 0 Å². The van der Waals surface area contributed by atoms with Gasteiger partial charge in [-0.15, -0.1) is 0 Å². The molecule has 1 aromatic rings. The van der Waals surface area contributed by atoms with Crippen LogP contribution in [0.25, 0.3) is 0 Å². The van der Waals surface area contributed by atoms with Crippen molar-refractivity contribution in [1.82, 2.24) is 0 Å². The largest absolute Gasteiger partial charge is 0.0689 e. The Balaban J connectivity index is 2.71. The molecule has 0 nitrogen and oxygen atoms in total. The van der Waals surface area contributed by atoms with E-state index in [1.54, 1.807) is 22.3 Å². The lowest BCUT2D eigenvalue weighted by molar-refractivity contribution is 0.790. The van der Waals surface area contributed by atoms with E-state index >= 15 is 0 Å². The Labute approximate surface area is 146 Å². The Morgan fingerprint density at radius 1 is 0.565 bits per heavy atom. The van der Waals surface area contributed by atoms with Crippen molar-refractivity contribution in [2.24, 2.45) is 0 Å². The van der Waals surface area contributed by atoms with Crippen molar-refractivity contribution in [1.29, 1.82) is 0 Å². The third-order valence-electron chi connectivity index (χ3n) is 5.50. The fourth-order valence-corrected chi connectivity index (χ4v) is 7.64. The maximum atomic E-state index is 2.61. The van der Waals surface area contributed by atoms with Crippen molar-refractivity contribution in [2.45, 2.75) is 104 Å². The zero-order valence-corrected chi connectivity index (χ0v) is 17.6. The summed E-state index contributed by atoms with van der Waals surface area (Å²) in [6, 6.07) is 2.88. The van der Waals surface area contributed by atoms with E-state index in [0.717, 1.165) is 0 Å². The first kappa shape index (κ1) is 18.8. The van der Waals surface area contributed by atoms with E-state index in [0.29, 0.717) is 0 Å². The third kappa shape index (κ3) is 3.92. The number of rotatable bonds is 8. The van der Waals surface area contributed by atoms with Gasteiger partial charge in [-0.25, -0.2) is 0 Å². The number of benzene rings is 1. The van der Waals surface area contributed by atoms with E-state index in [1.165, 1.54) is 63.5 Å². The first-order valence-electron chi connectivity index (χ1n) is 10.2. The van der Waals surface area contributed by atoms with Gasteiger partial charge >= 0.3 is 0 Å². The number of hydrogen-bond donors (Lipinski definition) is 0. The first-order valence-corrected chi connectivity index (χ1v) is 13.6. The standard InChI is InChI=1S/C22H38Si/c1-7-11-17-18(12-8-2)20(14-10-4)22-16-23(5,6)15-21(22)19(17)13-9-3/h7-16H2,1-6H3. The molecular formula is C22H38Si. The fourth-order valence-electron chi connectivity index (χ4n) is 4.75. The highest BCUT2D eigenvalue weighted by Crippen LogP contribution is 2.40. The highest BCUT2D eigenvalue weighted by atomic mass is 28.3. The molecule has 1 heterocycles. The van der Waals surface area contributed by atoms with Crippen molar-refractivity contribution in [2.75, 3.05) is 0 Å². The summed E-state index contributed by atoms with van der Waals surface area (Å²) in [5.74, 6) is 0. The van der Waals surface area contributed by atoms with Crippen LogP contribution >= 0.6 is 0 Å². The normalized spacial score (nSPS) is 15.9. The Morgan fingerprint density at radius 2 is 0.870 bits per heavy atom. The minimum absolute atomic E-state index is 1.06. The molecule has 0 saturated heterocycles. The van der Waals surface area contributed by atoms with Gasteiger partial charge in [-0.2, -0.15) is 0 Å². The van der Waals surface area contributed by atoms with Crippen molar-refractivity contribution < 1.29 is 0 Å². The second-order valence-electron chi connectivity index (χ2n) is 8.39. The highest BCUT2D eigenvalue weighted by molar-refractivity contribution is 6.77. The summed E-state index contributed by atoms with van der Waals surface area (Å²) in [6.07, 6.45) is 10.4. The van der Waals surface area contributed by atoms with Gasteiger partial charge in [0.1, 0.15) is 0 Å². The van der Waals surface area contributed by atoms with Gasteiger partial charge in [-0.3, -0.25) is 0 Å². The molecule has 0 aliphatic carbocycles. The van der Waals surface area contributed by atoms with Crippen LogP contribution in [0.4, 0.5) is 0 Å². The second-order valence-corrected chi connectivity index (χ2v) is 13.4. The summed E-state index contributed by atoms with van der Waals surface area (Å²) in [4.78, 5) is 0. The van der Waals surface area contributed by atoms with Crippen LogP contribution in [0.3, 0.4) is 0 Å². The average molecular weight is 331 g/mol. The zero-order chi connectivity index (χ0) is 17.0. The summed E-state index contributed by atoms with van der Waals surface area (Å²) in [5.41, 5.74) is 10.8. The number of hydrogen-bond acceptors (Lipinski definition) is 0. The Hall–Kier alpha value is -0.563. The molecule has 0 unspecified atom stereocenters. The van der Waals surface area contributed by atoms with Gasteiger partial charge in [-0.1, -0.05) is 66.5 Å². The molecule has 130 valence electrons. The van der Waals surface area contributed by atoms with Crippen LogP contribution in [0.2, 0.25) is 13.1 Å². The summed E-state index contributed by atoms with van der Waals surface area (Å²) < 4.78 is 0. The van der Waals surface area contributed by atoms with Gasteiger partial charge in [0.2, 0.25) is 0 Å². The van der Waals surface area contributed by atoms with Gasteiger partial charge < -0.3 is 0 Å². The molecule has 1 heteroatoms. The predicted molar refractivity (Wildman–Crippen MR) is 107 cm³/mol. The molecule has 1 aliphatic heterocycles. The van der Waals surface area contributed by atoms with E-state index in [4.69, 9.17) is 0 Å². The van der Waals surface area contributed by atoms with Crippen molar-refractivity contribution >= 4 is 8.07 Å². The van der Waals surface area contributed by atoms with Gasteiger partial charge in [0.15, 0.2) is 0 Å². The quantitative estimate of drug-likeness (QED) is 0.485. The van der Waals surface area contributed by atoms with E-state index in [2.05, 4.69) is 40.8 Å². The van der Waals surface area contributed by atoms with E-state index < -0.39 is 8.07 Å². The molecule has 0 amide bonds. The molecule has 0 bridgehead atoms. The smallest absolute Gasteiger partial charge is 0.0561 e. The monoisotopic (exact) mass is 330 g/mol. The Bertz CT molecular complexity index is 493. The minimum atomic E-state index is -1.06. The van der Waals surface area contributed by atoms with Crippen LogP contribution in [0, 0.1) is 0 Å². The van der Waals surface area contributed by atoms with Crippen molar-refractivity contribution in [3.05, 3.63) is 33.4 Å². The van der Waals surface area contributed by atoms with Crippen LogP contribution in [0.5, 0.6) is 0 Å². The van der Waals surface area contributed by atoms with Crippen LogP contribution in [-0.4, -0.2) is 8.07 Å². The summed E-state index contributed by atoms with van der Waals surface area (Å²) in [7, 11) is -1.06. The van der Waals surface area contributed by atoms with Crippen LogP contribution < -0.4 is 0 Å². The maximum absolute atomic E-state index is 2.61. The van der Waals surface area contributed by atoms with Crippen LogP contribution in [0.1, 0.15) is 86.8 Å². The lowest BCUT2D eigenvalue weighted by Crippen LogP contribution is -2.26. The minimum Gasteiger partial charge on any atom is -0.0689 e. The summed E-state index contributed by atoms with van der Waals surface area (Å²) >= 11 is 0. The van der Waals surface area contributed by atoms with Crippen molar-refractivity contribution in [3.63, 3.8) is 0 Å². The highest BCUT2D eigenvalue weighted by Gasteiger charge is 2.35. The molecule has 23 heavy (non-hydrogen) atoms. The van der Waals surface area contributed by atoms with Crippen LogP contribution in [-0.2, 0) is 37.8 Å². The third-order valence-corrected chi connectivity index (χ3v) is 8.12. The van der Waals surface area contributed by atoms with Crippen molar-refractivity contribution in [3.8, 4) is 0 Å². The predicted octanol–water partition coefficient (Wildman–Crippen LogP) is 6.38. The molecule has 0 spiro atoms. The molecule has 0 saturated carbocycles. The molecular weight excluding hydrogens is 292 g/mol. The summed E-state index contributed by atoms with van der Waals surface area (Å²) in [5, 5.41) is 0. The molecule has 0 N–H and O–H groups in total. The van der Waals surface area contributed by atoms with Crippen LogP contribution in [0.15, 0.2) is 0 Å². The average Bonchev–Trinajstić information content (AvgIpc) is 2.82. The van der Waals surface area contributed by atoms with Gasteiger partial charge in [0.05, 0.1) is 8.07 Å². The van der Waals surface area contributed by atoms with Gasteiger partial charge in [0, 0.05) is 0 Å². The SMILES string of the molecule is CCCc1c(CCC)c(CCC)c2c(c1CCC)C[Si](C)(C)C2.